The van der Waals surface area contributed by atoms with Crippen molar-refractivity contribution in [3.63, 3.8) is 0 Å². The van der Waals surface area contributed by atoms with Gasteiger partial charge in [-0.25, -0.2) is 0 Å². The van der Waals surface area contributed by atoms with Crippen LogP contribution in [0.15, 0.2) is 24.3 Å². The number of hydrogen-bond donors (Lipinski definition) is 2. The van der Waals surface area contributed by atoms with Gasteiger partial charge in [-0.1, -0.05) is 51.4 Å². The average Bonchev–Trinajstić information content (AvgIpc) is 3.02. The lowest BCUT2D eigenvalue weighted by molar-refractivity contribution is 0.0940. The van der Waals surface area contributed by atoms with E-state index < -0.39 is 0 Å². The fraction of sp³-hybridized carbons (Fsp3) is 0.562. The van der Waals surface area contributed by atoms with Crippen molar-refractivity contribution in [2.45, 2.75) is 64.2 Å². The highest BCUT2D eigenvalue weighted by atomic mass is 16.5. The van der Waals surface area contributed by atoms with Crippen molar-refractivity contribution in [3.8, 4) is 34.5 Å². The zero-order chi connectivity index (χ0) is 30.7. The number of amides is 2. The molecule has 2 rings (SSSR count). The first-order valence-corrected chi connectivity index (χ1v) is 14.6. The molecule has 0 unspecified atom stereocenters. The van der Waals surface area contributed by atoms with E-state index in [4.69, 9.17) is 28.4 Å². The van der Waals surface area contributed by atoms with Crippen molar-refractivity contribution >= 4 is 11.8 Å². The minimum atomic E-state index is -0.187. The molecule has 0 saturated heterocycles. The molecule has 0 heterocycles. The van der Waals surface area contributed by atoms with Gasteiger partial charge in [0.2, 0.25) is 11.5 Å². The highest BCUT2D eigenvalue weighted by molar-refractivity contribution is 5.99. The Kier molecular flexibility index (Phi) is 15.8. The lowest BCUT2D eigenvalue weighted by atomic mass is 10.1. The van der Waals surface area contributed by atoms with E-state index in [1.54, 1.807) is 38.5 Å². The van der Waals surface area contributed by atoms with Crippen LogP contribution in [-0.4, -0.2) is 67.6 Å². The third-order valence-corrected chi connectivity index (χ3v) is 7.07. The lowest BCUT2D eigenvalue weighted by Crippen LogP contribution is -2.25. The van der Waals surface area contributed by atoms with Crippen molar-refractivity contribution in [1.82, 2.24) is 10.6 Å². The van der Waals surface area contributed by atoms with Gasteiger partial charge < -0.3 is 39.1 Å². The molecule has 0 spiro atoms. The molecule has 10 nitrogen and oxygen atoms in total. The van der Waals surface area contributed by atoms with Crippen LogP contribution >= 0.6 is 0 Å². The van der Waals surface area contributed by atoms with Crippen LogP contribution in [0.5, 0.6) is 34.5 Å². The summed E-state index contributed by atoms with van der Waals surface area (Å²) in [6, 6.07) is 6.77. The summed E-state index contributed by atoms with van der Waals surface area (Å²) >= 11 is 0. The zero-order valence-corrected chi connectivity index (χ0v) is 26.1. The quantitative estimate of drug-likeness (QED) is 0.176. The predicted molar refractivity (Wildman–Crippen MR) is 163 cm³/mol. The molecule has 0 aromatic heterocycles. The fourth-order valence-corrected chi connectivity index (χ4v) is 4.82. The van der Waals surface area contributed by atoms with Crippen molar-refractivity contribution < 1.29 is 38.0 Å². The highest BCUT2D eigenvalue weighted by Gasteiger charge is 2.21. The molecule has 2 aromatic carbocycles. The SMILES string of the molecule is COc1ccc(C(=O)NCCCCCCCCCCCCNC(=O)c2ccc(OC)c(OC)c2OC)c(OC)c1OC. The molecule has 2 aromatic rings. The standard InChI is InChI=1S/C32H48N2O8/c1-37-25-19-17-23(27(39-3)29(25)41-5)31(35)33-21-15-13-11-9-7-8-10-12-14-16-22-34-32(36)24-18-20-26(38-2)30(42-6)28(24)40-4/h17-20H,7-16,21-22H2,1-6H3,(H,33,35)(H,34,36). The Morgan fingerprint density at radius 2 is 0.762 bits per heavy atom. The van der Waals surface area contributed by atoms with Crippen molar-refractivity contribution in [1.29, 1.82) is 0 Å². The number of unbranched alkanes of at least 4 members (excludes halogenated alkanes) is 9. The van der Waals surface area contributed by atoms with Gasteiger partial charge in [-0.2, -0.15) is 0 Å². The van der Waals surface area contributed by atoms with E-state index in [1.165, 1.54) is 54.1 Å². The molecule has 10 heteroatoms. The minimum absolute atomic E-state index is 0.187. The Hall–Kier alpha value is -3.82. The molecular weight excluding hydrogens is 540 g/mol. The van der Waals surface area contributed by atoms with E-state index in [0.29, 0.717) is 58.7 Å². The van der Waals surface area contributed by atoms with Crippen LogP contribution < -0.4 is 39.1 Å². The van der Waals surface area contributed by atoms with Crippen LogP contribution in [0.25, 0.3) is 0 Å². The minimum Gasteiger partial charge on any atom is -0.493 e. The molecule has 0 aliphatic carbocycles. The van der Waals surface area contributed by atoms with Gasteiger partial charge in [0.1, 0.15) is 0 Å². The molecule has 0 bridgehead atoms. The second-order valence-corrected chi connectivity index (χ2v) is 9.81. The molecule has 0 saturated carbocycles. The number of methoxy groups -OCH3 is 6. The van der Waals surface area contributed by atoms with Gasteiger partial charge in [-0.15, -0.1) is 0 Å². The van der Waals surface area contributed by atoms with E-state index in [-0.39, 0.29) is 11.8 Å². The van der Waals surface area contributed by atoms with Crippen LogP contribution in [0.2, 0.25) is 0 Å². The molecule has 234 valence electrons. The molecule has 0 atom stereocenters. The summed E-state index contributed by atoms with van der Waals surface area (Å²) in [5.74, 6) is 2.22. The Balaban J connectivity index is 1.52. The first-order chi connectivity index (χ1) is 20.5. The number of carbonyl (C=O) groups excluding carboxylic acids is 2. The molecule has 2 amide bonds. The van der Waals surface area contributed by atoms with Crippen molar-refractivity contribution in [3.05, 3.63) is 35.4 Å². The first-order valence-electron chi connectivity index (χ1n) is 14.6. The number of ether oxygens (including phenoxy) is 6. The number of carbonyl (C=O) groups is 2. The van der Waals surface area contributed by atoms with E-state index in [0.717, 1.165) is 38.5 Å². The normalized spacial score (nSPS) is 10.5. The van der Waals surface area contributed by atoms with Gasteiger partial charge in [0.25, 0.3) is 11.8 Å². The van der Waals surface area contributed by atoms with Crippen LogP contribution in [0.4, 0.5) is 0 Å². The number of hydrogen-bond acceptors (Lipinski definition) is 8. The lowest BCUT2D eigenvalue weighted by Gasteiger charge is -2.15. The van der Waals surface area contributed by atoms with E-state index in [1.807, 2.05) is 0 Å². The Morgan fingerprint density at radius 3 is 1.05 bits per heavy atom. The van der Waals surface area contributed by atoms with Crippen LogP contribution in [0, 0.1) is 0 Å². The van der Waals surface area contributed by atoms with Gasteiger partial charge in [0.05, 0.1) is 53.8 Å². The fourth-order valence-electron chi connectivity index (χ4n) is 4.82. The summed E-state index contributed by atoms with van der Waals surface area (Å²) in [6.07, 6.45) is 11.1. The van der Waals surface area contributed by atoms with Crippen LogP contribution in [0.1, 0.15) is 84.9 Å². The van der Waals surface area contributed by atoms with E-state index in [2.05, 4.69) is 10.6 Å². The monoisotopic (exact) mass is 588 g/mol. The van der Waals surface area contributed by atoms with Crippen molar-refractivity contribution in [2.24, 2.45) is 0 Å². The van der Waals surface area contributed by atoms with Gasteiger partial charge in [-0.05, 0) is 37.1 Å². The maximum atomic E-state index is 12.6. The summed E-state index contributed by atoms with van der Waals surface area (Å²) in [4.78, 5) is 25.3. The van der Waals surface area contributed by atoms with Gasteiger partial charge in [-0.3, -0.25) is 9.59 Å². The van der Waals surface area contributed by atoms with Crippen LogP contribution in [0.3, 0.4) is 0 Å². The summed E-state index contributed by atoms with van der Waals surface area (Å²) in [5.41, 5.74) is 0.853. The topological polar surface area (TPSA) is 114 Å². The second kappa shape index (κ2) is 19.3. The Morgan fingerprint density at radius 1 is 0.452 bits per heavy atom. The molecule has 2 N–H and O–H groups in total. The third kappa shape index (κ3) is 9.92. The largest absolute Gasteiger partial charge is 0.493 e. The highest BCUT2D eigenvalue weighted by Crippen LogP contribution is 2.40. The maximum Gasteiger partial charge on any atom is 0.255 e. The second-order valence-electron chi connectivity index (χ2n) is 9.81. The summed E-state index contributed by atoms with van der Waals surface area (Å²) in [7, 11) is 9.15. The van der Waals surface area contributed by atoms with E-state index in [9.17, 15) is 9.59 Å². The van der Waals surface area contributed by atoms with E-state index >= 15 is 0 Å². The molecule has 0 aliphatic heterocycles. The maximum absolute atomic E-state index is 12.6. The van der Waals surface area contributed by atoms with Gasteiger partial charge in [0.15, 0.2) is 23.0 Å². The zero-order valence-electron chi connectivity index (χ0n) is 26.1. The molecule has 42 heavy (non-hydrogen) atoms. The van der Waals surface area contributed by atoms with Gasteiger partial charge >= 0.3 is 0 Å². The average molecular weight is 589 g/mol. The third-order valence-electron chi connectivity index (χ3n) is 7.07. The summed E-state index contributed by atoms with van der Waals surface area (Å²) < 4.78 is 32.1. The summed E-state index contributed by atoms with van der Waals surface area (Å²) in [5, 5.41) is 5.94. The first kappa shape index (κ1) is 34.4. The smallest absolute Gasteiger partial charge is 0.255 e. The number of rotatable bonds is 21. The Labute approximate surface area is 250 Å². The Bertz CT molecular complexity index is 1030. The molecule has 0 radical (unpaired) electrons. The summed E-state index contributed by atoms with van der Waals surface area (Å²) in [6.45, 7) is 1.23. The molecule has 0 aliphatic rings. The van der Waals surface area contributed by atoms with Gasteiger partial charge in [0, 0.05) is 13.1 Å². The molecule has 0 fully saturated rings. The molecular formula is C32H48N2O8. The predicted octanol–water partition coefficient (Wildman–Crippen LogP) is 5.80. The van der Waals surface area contributed by atoms with Crippen LogP contribution in [-0.2, 0) is 0 Å². The number of benzene rings is 2. The van der Waals surface area contributed by atoms with Crippen molar-refractivity contribution in [2.75, 3.05) is 55.7 Å². The number of nitrogens with one attached hydrogen (secondary N) is 2.